The van der Waals surface area contributed by atoms with Crippen molar-refractivity contribution in [3.63, 3.8) is 0 Å². The predicted octanol–water partition coefficient (Wildman–Crippen LogP) is 3.94. The lowest BCUT2D eigenvalue weighted by Crippen LogP contribution is -2.38. The van der Waals surface area contributed by atoms with Gasteiger partial charge in [0, 0.05) is 41.1 Å². The second-order valence-corrected chi connectivity index (χ2v) is 11.2. The van der Waals surface area contributed by atoms with E-state index < -0.39 is 26.6 Å². The molecular formula is C23H24N2O4S. The van der Waals surface area contributed by atoms with Crippen LogP contribution in [0.5, 0.6) is 0 Å². The first-order valence-corrected chi connectivity index (χ1v) is 11.4. The number of H-pyrrole nitrogens is 1. The molecule has 0 bridgehead atoms. The van der Waals surface area contributed by atoms with Crippen LogP contribution >= 0.6 is 0 Å². The smallest absolute Gasteiger partial charge is 0.195 e. The van der Waals surface area contributed by atoms with E-state index in [4.69, 9.17) is 4.74 Å². The molecule has 0 radical (unpaired) electrons. The van der Waals surface area contributed by atoms with Gasteiger partial charge in [-0.3, -0.25) is 4.79 Å². The SMILES string of the molecule is COC1CC2=C(C=C1S(=O)(=O)C(C)C)C(=O)c1c([nH]c3cc(C#N)ccc13)C2(C)C. The fraction of sp³-hybridized carbons (Fsp3) is 0.391. The van der Waals surface area contributed by atoms with E-state index in [1.807, 2.05) is 13.8 Å². The monoisotopic (exact) mass is 424 g/mol. The molecule has 1 aromatic heterocycles. The summed E-state index contributed by atoms with van der Waals surface area (Å²) < 4.78 is 31.5. The molecule has 0 saturated heterocycles. The Labute approximate surface area is 176 Å². The lowest BCUT2D eigenvalue weighted by molar-refractivity contribution is 0.102. The van der Waals surface area contributed by atoms with E-state index in [9.17, 15) is 18.5 Å². The van der Waals surface area contributed by atoms with Crippen LogP contribution in [0.3, 0.4) is 0 Å². The average Bonchev–Trinajstić information content (AvgIpc) is 3.11. The number of ether oxygens (including phenoxy) is 1. The zero-order valence-corrected chi connectivity index (χ0v) is 18.5. The Morgan fingerprint density at radius 1 is 1.30 bits per heavy atom. The highest BCUT2D eigenvalue weighted by molar-refractivity contribution is 7.95. The van der Waals surface area contributed by atoms with Gasteiger partial charge in [0.25, 0.3) is 0 Å². The minimum Gasteiger partial charge on any atom is -0.376 e. The predicted molar refractivity (Wildman–Crippen MR) is 115 cm³/mol. The number of aromatic nitrogens is 1. The fourth-order valence-corrected chi connectivity index (χ4v) is 5.88. The maximum absolute atomic E-state index is 13.6. The zero-order valence-electron chi connectivity index (χ0n) is 17.7. The quantitative estimate of drug-likeness (QED) is 0.804. The highest BCUT2D eigenvalue weighted by Gasteiger charge is 2.45. The van der Waals surface area contributed by atoms with E-state index in [0.717, 1.165) is 22.2 Å². The number of hydrogen-bond donors (Lipinski definition) is 1. The van der Waals surface area contributed by atoms with Crippen molar-refractivity contribution in [1.82, 2.24) is 4.98 Å². The van der Waals surface area contributed by atoms with E-state index in [1.54, 1.807) is 32.0 Å². The highest BCUT2D eigenvalue weighted by Crippen LogP contribution is 2.48. The van der Waals surface area contributed by atoms with Crippen molar-refractivity contribution < 1.29 is 17.9 Å². The van der Waals surface area contributed by atoms with Crippen LogP contribution in [-0.4, -0.2) is 37.6 Å². The van der Waals surface area contributed by atoms with Gasteiger partial charge in [0.15, 0.2) is 15.6 Å². The van der Waals surface area contributed by atoms with Crippen LogP contribution in [0, 0.1) is 11.3 Å². The number of sulfone groups is 1. The number of nitrogens with zero attached hydrogens (tertiary/aromatic N) is 1. The molecule has 0 aliphatic heterocycles. The van der Waals surface area contributed by atoms with Gasteiger partial charge in [0.1, 0.15) is 0 Å². The summed E-state index contributed by atoms with van der Waals surface area (Å²) in [6.45, 7) is 7.31. The largest absolute Gasteiger partial charge is 0.376 e. The molecule has 2 aromatic rings. The highest BCUT2D eigenvalue weighted by atomic mass is 32.2. The third kappa shape index (κ3) is 2.71. The molecule has 0 amide bonds. The maximum atomic E-state index is 13.6. The summed E-state index contributed by atoms with van der Waals surface area (Å²) in [4.78, 5) is 17.1. The van der Waals surface area contributed by atoms with Gasteiger partial charge in [0.05, 0.1) is 33.5 Å². The lowest BCUT2D eigenvalue weighted by Gasteiger charge is -2.38. The summed E-state index contributed by atoms with van der Waals surface area (Å²) in [5.74, 6) is -0.193. The first kappa shape index (κ1) is 20.6. The van der Waals surface area contributed by atoms with Gasteiger partial charge in [-0.1, -0.05) is 19.9 Å². The molecule has 1 unspecified atom stereocenters. The molecule has 30 heavy (non-hydrogen) atoms. The molecule has 0 saturated carbocycles. The summed E-state index contributed by atoms with van der Waals surface area (Å²) in [7, 11) is -2.09. The number of nitrogens with one attached hydrogen (secondary N) is 1. The number of hydrogen-bond acceptors (Lipinski definition) is 5. The van der Waals surface area contributed by atoms with E-state index in [2.05, 4.69) is 11.1 Å². The molecule has 1 aromatic carbocycles. The van der Waals surface area contributed by atoms with Gasteiger partial charge in [-0.2, -0.15) is 5.26 Å². The summed E-state index contributed by atoms with van der Waals surface area (Å²) in [5.41, 5.74) is 3.34. The van der Waals surface area contributed by atoms with Gasteiger partial charge in [-0.25, -0.2) is 8.42 Å². The van der Waals surface area contributed by atoms with Crippen LogP contribution in [0.15, 0.2) is 40.3 Å². The van der Waals surface area contributed by atoms with Crippen molar-refractivity contribution in [2.45, 2.75) is 50.9 Å². The number of rotatable bonds is 3. The Kier molecular flexibility index (Phi) is 4.57. The van der Waals surface area contributed by atoms with Crippen LogP contribution in [0.25, 0.3) is 10.9 Å². The molecule has 1 heterocycles. The maximum Gasteiger partial charge on any atom is 0.195 e. The zero-order chi connectivity index (χ0) is 22.0. The second kappa shape index (κ2) is 6.66. The van der Waals surface area contributed by atoms with E-state index in [0.29, 0.717) is 23.1 Å². The van der Waals surface area contributed by atoms with Crippen LogP contribution in [-0.2, 0) is 20.0 Å². The van der Waals surface area contributed by atoms with Crippen molar-refractivity contribution >= 4 is 26.5 Å². The lowest BCUT2D eigenvalue weighted by atomic mass is 9.68. The van der Waals surface area contributed by atoms with Crippen molar-refractivity contribution in [3.8, 4) is 6.07 Å². The minimum atomic E-state index is -3.58. The topological polar surface area (TPSA) is 100 Å². The minimum absolute atomic E-state index is 0.165. The third-order valence-electron chi connectivity index (χ3n) is 6.33. The Hall–Kier alpha value is -2.69. The summed E-state index contributed by atoms with van der Waals surface area (Å²) in [5, 5.41) is 9.34. The molecule has 0 spiro atoms. The summed E-state index contributed by atoms with van der Waals surface area (Å²) in [6.07, 6.45) is 1.23. The first-order chi connectivity index (χ1) is 14.0. The molecule has 156 valence electrons. The van der Waals surface area contributed by atoms with E-state index in [1.165, 1.54) is 13.2 Å². The van der Waals surface area contributed by atoms with Crippen molar-refractivity contribution in [3.05, 3.63) is 57.1 Å². The Balaban J connectivity index is 1.98. The number of ketones is 1. The second-order valence-electron chi connectivity index (χ2n) is 8.66. The van der Waals surface area contributed by atoms with Gasteiger partial charge in [-0.05, 0) is 37.6 Å². The molecule has 2 aliphatic carbocycles. The van der Waals surface area contributed by atoms with Crippen LogP contribution < -0.4 is 0 Å². The number of methoxy groups -OCH3 is 1. The molecular weight excluding hydrogens is 400 g/mol. The number of carbonyl (C=O) groups is 1. The molecule has 7 heteroatoms. The average molecular weight is 425 g/mol. The number of fused-ring (bicyclic) bond motifs is 3. The molecule has 6 nitrogen and oxygen atoms in total. The van der Waals surface area contributed by atoms with Crippen LogP contribution in [0.2, 0.25) is 0 Å². The molecule has 1 N–H and O–H groups in total. The Bertz CT molecular complexity index is 1300. The number of aromatic amines is 1. The Morgan fingerprint density at radius 3 is 2.60 bits per heavy atom. The van der Waals surface area contributed by atoms with Crippen LogP contribution in [0.4, 0.5) is 0 Å². The third-order valence-corrected chi connectivity index (χ3v) is 8.61. The van der Waals surface area contributed by atoms with Crippen molar-refractivity contribution in [2.75, 3.05) is 7.11 Å². The van der Waals surface area contributed by atoms with E-state index in [-0.39, 0.29) is 10.7 Å². The normalized spacial score (nSPS) is 20.8. The van der Waals surface area contributed by atoms with Crippen LogP contribution in [0.1, 0.15) is 55.7 Å². The number of Topliss-reactive ketones (excluding diaryl/α,β-unsaturated/α-hetero) is 1. The van der Waals surface area contributed by atoms with E-state index >= 15 is 0 Å². The molecule has 1 atom stereocenters. The standard InChI is InChI=1S/C23H24N2O4S/c1-12(2)30(27,28)19-9-15-16(10-18(19)29-5)23(3,4)22-20(21(15)26)14-7-6-13(11-24)8-17(14)25-22/h6-9,12,18,25H,10H2,1-5H3. The Morgan fingerprint density at radius 2 is 2.00 bits per heavy atom. The number of benzene rings is 1. The number of carbonyl (C=O) groups excluding carboxylic acids is 1. The fourth-order valence-electron chi connectivity index (χ4n) is 4.51. The summed E-state index contributed by atoms with van der Waals surface area (Å²) in [6, 6.07) is 7.32. The molecule has 0 fully saturated rings. The molecule has 2 aliphatic rings. The van der Waals surface area contributed by atoms with Crippen molar-refractivity contribution in [1.29, 1.82) is 5.26 Å². The first-order valence-electron chi connectivity index (χ1n) is 9.87. The van der Waals surface area contributed by atoms with Gasteiger partial charge in [0.2, 0.25) is 0 Å². The summed E-state index contributed by atoms with van der Waals surface area (Å²) >= 11 is 0. The van der Waals surface area contributed by atoms with Gasteiger partial charge < -0.3 is 9.72 Å². The van der Waals surface area contributed by atoms with Gasteiger partial charge >= 0.3 is 0 Å². The van der Waals surface area contributed by atoms with Gasteiger partial charge in [-0.15, -0.1) is 0 Å². The van der Waals surface area contributed by atoms with Crippen molar-refractivity contribution in [2.24, 2.45) is 0 Å². The number of nitriles is 1. The molecule has 4 rings (SSSR count). The number of allylic oxidation sites excluding steroid dienone is 2.